The molecule has 0 fully saturated rings. The van der Waals surface area contributed by atoms with E-state index in [4.69, 9.17) is 15.4 Å². The molecule has 4 nitrogen and oxygen atoms in total. The van der Waals surface area contributed by atoms with E-state index in [0.717, 1.165) is 17.8 Å². The molecule has 1 rings (SSSR count). The van der Waals surface area contributed by atoms with E-state index in [1.807, 2.05) is 26.0 Å². The summed E-state index contributed by atoms with van der Waals surface area (Å²) in [4.78, 5) is 4.40. The van der Waals surface area contributed by atoms with Gasteiger partial charge in [-0.15, -0.1) is 0 Å². The summed E-state index contributed by atoms with van der Waals surface area (Å²) in [5, 5.41) is 0. The number of rotatable bonds is 6. The Kier molecular flexibility index (Phi) is 5.21. The van der Waals surface area contributed by atoms with Crippen molar-refractivity contribution in [2.24, 2.45) is 5.41 Å². The van der Waals surface area contributed by atoms with Gasteiger partial charge in [0.05, 0.1) is 18.1 Å². The van der Waals surface area contributed by atoms with Crippen molar-refractivity contribution in [2.75, 3.05) is 12.4 Å². The normalized spacial score (nSPS) is 12.5. The number of aryl methyl sites for hydroxylation is 2. The first-order valence-electron chi connectivity index (χ1n) is 6.14. The van der Waals surface area contributed by atoms with Crippen LogP contribution in [0.4, 0.5) is 0 Å². The molecule has 19 heavy (non-hydrogen) atoms. The highest BCUT2D eigenvalue weighted by atomic mass is 35.7. The van der Waals surface area contributed by atoms with Crippen molar-refractivity contribution in [1.82, 2.24) is 4.98 Å². The van der Waals surface area contributed by atoms with Gasteiger partial charge in [-0.25, -0.2) is 8.42 Å². The molecular formula is C13H20ClNO3S. The molecule has 0 aliphatic rings. The SMILES string of the molecule is CCc1nc(C)ccc1OCC(C)(C)CS(=O)(=O)Cl. The Balaban J connectivity index is 2.76. The predicted molar refractivity (Wildman–Crippen MR) is 77.3 cm³/mol. The Morgan fingerprint density at radius 3 is 2.53 bits per heavy atom. The third-order valence-electron chi connectivity index (χ3n) is 2.59. The molecule has 0 aliphatic heterocycles. The molecule has 0 amide bonds. The fourth-order valence-electron chi connectivity index (χ4n) is 1.76. The molecule has 6 heteroatoms. The summed E-state index contributed by atoms with van der Waals surface area (Å²) in [7, 11) is 1.75. The number of ether oxygens (including phenoxy) is 1. The van der Waals surface area contributed by atoms with E-state index in [1.54, 1.807) is 13.8 Å². The smallest absolute Gasteiger partial charge is 0.233 e. The largest absolute Gasteiger partial charge is 0.491 e. The molecule has 0 bridgehead atoms. The van der Waals surface area contributed by atoms with E-state index in [1.165, 1.54) is 0 Å². The van der Waals surface area contributed by atoms with Gasteiger partial charge in [-0.2, -0.15) is 0 Å². The minimum absolute atomic E-state index is 0.123. The molecule has 0 radical (unpaired) electrons. The zero-order chi connectivity index (χ0) is 14.7. The van der Waals surface area contributed by atoms with E-state index in [9.17, 15) is 8.42 Å². The van der Waals surface area contributed by atoms with E-state index in [0.29, 0.717) is 5.75 Å². The predicted octanol–water partition coefficient (Wildman–Crippen LogP) is 2.93. The van der Waals surface area contributed by atoms with Crippen LogP contribution in [0.5, 0.6) is 5.75 Å². The summed E-state index contributed by atoms with van der Waals surface area (Å²) in [5.74, 6) is 0.579. The Morgan fingerprint density at radius 2 is 2.00 bits per heavy atom. The van der Waals surface area contributed by atoms with Crippen LogP contribution in [0.15, 0.2) is 12.1 Å². The van der Waals surface area contributed by atoms with Crippen LogP contribution in [0.3, 0.4) is 0 Å². The van der Waals surface area contributed by atoms with Gasteiger partial charge < -0.3 is 4.74 Å². The second-order valence-corrected chi connectivity index (χ2v) is 8.16. The average molecular weight is 306 g/mol. The van der Waals surface area contributed by atoms with Gasteiger partial charge in [-0.3, -0.25) is 4.98 Å². The number of aromatic nitrogens is 1. The highest BCUT2D eigenvalue weighted by Gasteiger charge is 2.26. The van der Waals surface area contributed by atoms with Crippen LogP contribution >= 0.6 is 10.7 Å². The maximum atomic E-state index is 11.1. The van der Waals surface area contributed by atoms with Crippen LogP contribution in [0.2, 0.25) is 0 Å². The van der Waals surface area contributed by atoms with Crippen molar-refractivity contribution < 1.29 is 13.2 Å². The molecule has 0 aliphatic carbocycles. The van der Waals surface area contributed by atoms with Crippen LogP contribution in [0, 0.1) is 12.3 Å². The van der Waals surface area contributed by atoms with Gasteiger partial charge in [-0.1, -0.05) is 20.8 Å². The van der Waals surface area contributed by atoms with Crippen molar-refractivity contribution in [3.8, 4) is 5.75 Å². The lowest BCUT2D eigenvalue weighted by Gasteiger charge is -2.23. The van der Waals surface area contributed by atoms with Crippen molar-refractivity contribution in [1.29, 1.82) is 0 Å². The molecule has 1 aromatic rings. The molecule has 108 valence electrons. The molecule has 0 saturated heterocycles. The molecule has 0 atom stereocenters. The topological polar surface area (TPSA) is 56.3 Å². The van der Waals surface area contributed by atoms with Crippen LogP contribution < -0.4 is 4.74 Å². The maximum absolute atomic E-state index is 11.1. The second-order valence-electron chi connectivity index (χ2n) is 5.39. The molecule has 0 aromatic carbocycles. The second kappa shape index (κ2) is 6.09. The lowest BCUT2D eigenvalue weighted by atomic mass is 9.98. The minimum atomic E-state index is -3.53. The molecular weight excluding hydrogens is 286 g/mol. The Bertz CT molecular complexity index is 541. The number of nitrogens with zero attached hydrogens (tertiary/aromatic N) is 1. The fraction of sp³-hybridized carbons (Fsp3) is 0.615. The van der Waals surface area contributed by atoms with Gasteiger partial charge in [0.15, 0.2) is 0 Å². The summed E-state index contributed by atoms with van der Waals surface area (Å²) in [6.07, 6.45) is 0.769. The summed E-state index contributed by atoms with van der Waals surface area (Å²) in [6, 6.07) is 3.74. The minimum Gasteiger partial charge on any atom is -0.491 e. The maximum Gasteiger partial charge on any atom is 0.233 e. The third kappa shape index (κ3) is 5.78. The average Bonchev–Trinajstić information content (AvgIpc) is 2.24. The Hall–Kier alpha value is -0.810. The monoisotopic (exact) mass is 305 g/mol. The van der Waals surface area contributed by atoms with E-state index in [2.05, 4.69) is 4.98 Å². The molecule has 1 aromatic heterocycles. The van der Waals surface area contributed by atoms with Crippen LogP contribution in [0.1, 0.15) is 32.2 Å². The molecule has 0 N–H and O–H groups in total. The first-order chi connectivity index (χ1) is 8.63. The lowest BCUT2D eigenvalue weighted by molar-refractivity contribution is 0.198. The fourth-order valence-corrected chi connectivity index (χ4v) is 3.67. The van der Waals surface area contributed by atoms with Gasteiger partial charge in [-0.05, 0) is 25.5 Å². The lowest BCUT2D eigenvalue weighted by Crippen LogP contribution is -2.28. The standard InChI is InChI=1S/C13H20ClNO3S/c1-5-11-12(7-6-10(2)15-11)18-8-13(3,4)9-19(14,16)17/h6-7H,5,8-9H2,1-4H3. The van der Waals surface area contributed by atoms with E-state index in [-0.39, 0.29) is 12.4 Å². The summed E-state index contributed by atoms with van der Waals surface area (Å²) in [5.41, 5.74) is 1.27. The van der Waals surface area contributed by atoms with Gasteiger partial charge in [0.2, 0.25) is 9.05 Å². The first kappa shape index (κ1) is 16.2. The number of hydrogen-bond donors (Lipinski definition) is 0. The van der Waals surface area contributed by atoms with Crippen molar-refractivity contribution in [3.63, 3.8) is 0 Å². The molecule has 0 saturated carbocycles. The zero-order valence-electron chi connectivity index (χ0n) is 11.7. The van der Waals surface area contributed by atoms with Crippen molar-refractivity contribution >= 4 is 19.7 Å². The quantitative estimate of drug-likeness (QED) is 0.758. The summed E-state index contributed by atoms with van der Waals surface area (Å²) in [6.45, 7) is 7.81. The van der Waals surface area contributed by atoms with E-state index < -0.39 is 14.5 Å². The van der Waals surface area contributed by atoms with Gasteiger partial charge in [0.1, 0.15) is 5.75 Å². The zero-order valence-corrected chi connectivity index (χ0v) is 13.3. The van der Waals surface area contributed by atoms with E-state index >= 15 is 0 Å². The molecule has 0 spiro atoms. The van der Waals surface area contributed by atoms with Gasteiger partial charge in [0, 0.05) is 21.8 Å². The summed E-state index contributed by atoms with van der Waals surface area (Å²) >= 11 is 0. The first-order valence-corrected chi connectivity index (χ1v) is 8.62. The van der Waals surface area contributed by atoms with Gasteiger partial charge in [0.25, 0.3) is 0 Å². The molecule has 0 unspecified atom stereocenters. The van der Waals surface area contributed by atoms with Crippen molar-refractivity contribution in [3.05, 3.63) is 23.5 Å². The molecule has 1 heterocycles. The Morgan fingerprint density at radius 1 is 1.37 bits per heavy atom. The number of hydrogen-bond acceptors (Lipinski definition) is 4. The number of pyridine rings is 1. The van der Waals surface area contributed by atoms with Crippen LogP contribution in [0.25, 0.3) is 0 Å². The van der Waals surface area contributed by atoms with Crippen molar-refractivity contribution in [2.45, 2.75) is 34.1 Å². The summed E-state index contributed by atoms with van der Waals surface area (Å²) < 4.78 is 28.0. The highest BCUT2D eigenvalue weighted by molar-refractivity contribution is 8.13. The van der Waals surface area contributed by atoms with Gasteiger partial charge >= 0.3 is 0 Å². The van der Waals surface area contributed by atoms with Crippen LogP contribution in [-0.4, -0.2) is 25.8 Å². The van der Waals surface area contributed by atoms with Crippen LogP contribution in [-0.2, 0) is 15.5 Å². The Labute approximate surface area is 119 Å². The third-order valence-corrected chi connectivity index (χ3v) is 4.04. The number of halogens is 1. The highest BCUT2D eigenvalue weighted by Crippen LogP contribution is 2.24.